The van der Waals surface area contributed by atoms with E-state index in [9.17, 15) is 5.11 Å². The van der Waals surface area contributed by atoms with E-state index in [1.165, 1.54) is 12.8 Å². The second-order valence-electron chi connectivity index (χ2n) is 3.87. The fourth-order valence-corrected chi connectivity index (χ4v) is 2.13. The van der Waals surface area contributed by atoms with Crippen LogP contribution in [-0.2, 0) is 6.54 Å². The molecule has 0 spiro atoms. The zero-order chi connectivity index (χ0) is 10.8. The van der Waals surface area contributed by atoms with Gasteiger partial charge in [-0.1, -0.05) is 0 Å². The van der Waals surface area contributed by atoms with Gasteiger partial charge >= 0.3 is 0 Å². The standard InChI is InChI=1S/C10H13Br2NO2/c11-8-3-7(15-10(8)12)4-13-5-9(14)6-1-2-6/h3,6,9,13-14H,1-2,4-5H2. The lowest BCUT2D eigenvalue weighted by atomic mass is 10.2. The van der Waals surface area contributed by atoms with E-state index in [1.54, 1.807) is 0 Å². The fraction of sp³-hybridized carbons (Fsp3) is 0.600. The Bertz CT molecular complexity index is 317. The molecule has 2 N–H and O–H groups in total. The van der Waals surface area contributed by atoms with Crippen LogP contribution in [0.5, 0.6) is 0 Å². The van der Waals surface area contributed by atoms with E-state index in [4.69, 9.17) is 4.42 Å². The Hall–Kier alpha value is 0.160. The normalized spacial score (nSPS) is 18.1. The summed E-state index contributed by atoms with van der Waals surface area (Å²) in [6.45, 7) is 1.29. The van der Waals surface area contributed by atoms with Crippen molar-refractivity contribution in [2.24, 2.45) is 5.92 Å². The van der Waals surface area contributed by atoms with Crippen molar-refractivity contribution in [1.82, 2.24) is 5.32 Å². The van der Waals surface area contributed by atoms with Crippen LogP contribution >= 0.6 is 31.9 Å². The number of halogens is 2. The number of hydrogen-bond acceptors (Lipinski definition) is 3. The number of aliphatic hydroxyl groups is 1. The average molecular weight is 339 g/mol. The monoisotopic (exact) mass is 337 g/mol. The minimum absolute atomic E-state index is 0.202. The van der Waals surface area contributed by atoms with Crippen molar-refractivity contribution >= 4 is 31.9 Å². The molecule has 0 aromatic carbocycles. The Morgan fingerprint density at radius 2 is 2.27 bits per heavy atom. The van der Waals surface area contributed by atoms with Crippen LogP contribution in [0, 0.1) is 5.92 Å². The Labute approximate surface area is 105 Å². The van der Waals surface area contributed by atoms with Crippen LogP contribution in [0.1, 0.15) is 18.6 Å². The van der Waals surface area contributed by atoms with Gasteiger partial charge in [-0.3, -0.25) is 0 Å². The lowest BCUT2D eigenvalue weighted by Gasteiger charge is -2.08. The van der Waals surface area contributed by atoms with Gasteiger partial charge in [0.1, 0.15) is 5.76 Å². The van der Waals surface area contributed by atoms with Crippen molar-refractivity contribution in [3.05, 3.63) is 21.0 Å². The van der Waals surface area contributed by atoms with Crippen molar-refractivity contribution in [2.45, 2.75) is 25.5 Å². The van der Waals surface area contributed by atoms with E-state index in [1.807, 2.05) is 6.07 Å². The second kappa shape index (κ2) is 4.99. The second-order valence-corrected chi connectivity index (χ2v) is 5.44. The van der Waals surface area contributed by atoms with E-state index < -0.39 is 0 Å². The van der Waals surface area contributed by atoms with Crippen LogP contribution in [0.3, 0.4) is 0 Å². The highest BCUT2D eigenvalue weighted by Gasteiger charge is 2.29. The molecule has 0 aliphatic heterocycles. The van der Waals surface area contributed by atoms with E-state index in [-0.39, 0.29) is 6.10 Å². The molecule has 0 bridgehead atoms. The summed E-state index contributed by atoms with van der Waals surface area (Å²) in [7, 11) is 0. The molecular weight excluding hydrogens is 326 g/mol. The summed E-state index contributed by atoms with van der Waals surface area (Å²) in [6, 6.07) is 1.92. The predicted octanol–water partition coefficient (Wildman–Crippen LogP) is 2.67. The van der Waals surface area contributed by atoms with Crippen LogP contribution in [0.15, 0.2) is 19.6 Å². The Kier molecular flexibility index (Phi) is 3.88. The molecule has 15 heavy (non-hydrogen) atoms. The van der Waals surface area contributed by atoms with E-state index >= 15 is 0 Å². The number of rotatable bonds is 5. The first-order valence-corrected chi connectivity index (χ1v) is 6.58. The maximum Gasteiger partial charge on any atom is 0.183 e. The molecule has 1 unspecified atom stereocenters. The minimum atomic E-state index is -0.202. The number of aliphatic hydroxyl groups excluding tert-OH is 1. The molecule has 1 atom stereocenters. The first-order valence-electron chi connectivity index (χ1n) is 4.99. The first kappa shape index (κ1) is 11.6. The van der Waals surface area contributed by atoms with Gasteiger partial charge in [-0.2, -0.15) is 0 Å². The zero-order valence-corrected chi connectivity index (χ0v) is 11.3. The molecule has 1 fully saturated rings. The highest BCUT2D eigenvalue weighted by atomic mass is 79.9. The van der Waals surface area contributed by atoms with Gasteiger partial charge in [0.2, 0.25) is 0 Å². The van der Waals surface area contributed by atoms with E-state index in [0.717, 1.165) is 10.2 Å². The molecule has 1 aliphatic carbocycles. The molecule has 1 saturated carbocycles. The maximum absolute atomic E-state index is 9.62. The summed E-state index contributed by atoms with van der Waals surface area (Å²) in [5.41, 5.74) is 0. The molecule has 0 saturated heterocycles. The zero-order valence-electron chi connectivity index (χ0n) is 8.17. The molecule has 1 aromatic rings. The number of furan rings is 1. The quantitative estimate of drug-likeness (QED) is 0.867. The molecule has 1 aromatic heterocycles. The van der Waals surface area contributed by atoms with Gasteiger partial charge in [0.25, 0.3) is 0 Å². The summed E-state index contributed by atoms with van der Waals surface area (Å²) in [5.74, 6) is 1.38. The Morgan fingerprint density at radius 3 is 2.80 bits per heavy atom. The predicted molar refractivity (Wildman–Crippen MR) is 64.5 cm³/mol. The third-order valence-electron chi connectivity index (χ3n) is 2.52. The lowest BCUT2D eigenvalue weighted by Crippen LogP contribution is -2.27. The van der Waals surface area contributed by atoms with Gasteiger partial charge in [0.05, 0.1) is 17.1 Å². The molecule has 5 heteroatoms. The van der Waals surface area contributed by atoms with Gasteiger partial charge < -0.3 is 14.8 Å². The topological polar surface area (TPSA) is 45.4 Å². The smallest absolute Gasteiger partial charge is 0.183 e. The van der Waals surface area contributed by atoms with Crippen molar-refractivity contribution in [3.63, 3.8) is 0 Å². The van der Waals surface area contributed by atoms with E-state index in [0.29, 0.717) is 23.7 Å². The first-order chi connectivity index (χ1) is 7.16. The average Bonchev–Trinajstić information content (AvgIpc) is 2.96. The summed E-state index contributed by atoms with van der Waals surface area (Å²) in [5, 5.41) is 12.8. The van der Waals surface area contributed by atoms with Crippen molar-refractivity contribution in [3.8, 4) is 0 Å². The van der Waals surface area contributed by atoms with Crippen molar-refractivity contribution in [1.29, 1.82) is 0 Å². The van der Waals surface area contributed by atoms with Crippen LogP contribution in [0.2, 0.25) is 0 Å². The number of hydrogen-bond donors (Lipinski definition) is 2. The van der Waals surface area contributed by atoms with Crippen LogP contribution in [0.4, 0.5) is 0 Å². The molecule has 0 radical (unpaired) electrons. The molecular formula is C10H13Br2NO2. The van der Waals surface area contributed by atoms with E-state index in [2.05, 4.69) is 37.2 Å². The summed E-state index contributed by atoms with van der Waals surface area (Å²) in [4.78, 5) is 0. The molecule has 3 nitrogen and oxygen atoms in total. The molecule has 1 aliphatic rings. The van der Waals surface area contributed by atoms with Gasteiger partial charge in [0, 0.05) is 6.54 Å². The van der Waals surface area contributed by atoms with Crippen LogP contribution in [-0.4, -0.2) is 17.8 Å². The van der Waals surface area contributed by atoms with Gasteiger partial charge in [-0.25, -0.2) is 0 Å². The lowest BCUT2D eigenvalue weighted by molar-refractivity contribution is 0.147. The molecule has 1 heterocycles. The van der Waals surface area contributed by atoms with Gasteiger partial charge in [-0.15, -0.1) is 0 Å². The fourth-order valence-electron chi connectivity index (χ4n) is 1.47. The maximum atomic E-state index is 9.62. The highest BCUT2D eigenvalue weighted by Crippen LogP contribution is 2.32. The minimum Gasteiger partial charge on any atom is -0.452 e. The molecule has 0 amide bonds. The number of nitrogens with one attached hydrogen (secondary N) is 1. The van der Waals surface area contributed by atoms with Crippen LogP contribution < -0.4 is 5.32 Å². The summed E-state index contributed by atoms with van der Waals surface area (Å²) >= 11 is 6.63. The highest BCUT2D eigenvalue weighted by molar-refractivity contribution is 9.13. The Balaban J connectivity index is 1.73. The van der Waals surface area contributed by atoms with Gasteiger partial charge in [-0.05, 0) is 56.7 Å². The third kappa shape index (κ3) is 3.31. The van der Waals surface area contributed by atoms with Crippen LogP contribution in [0.25, 0.3) is 0 Å². The Morgan fingerprint density at radius 1 is 1.53 bits per heavy atom. The third-order valence-corrected chi connectivity index (χ3v) is 4.23. The van der Waals surface area contributed by atoms with Crippen molar-refractivity contribution < 1.29 is 9.52 Å². The largest absolute Gasteiger partial charge is 0.452 e. The molecule has 2 rings (SSSR count). The van der Waals surface area contributed by atoms with Crippen molar-refractivity contribution in [2.75, 3.05) is 6.54 Å². The SMILES string of the molecule is OC(CNCc1cc(Br)c(Br)o1)C1CC1. The summed E-state index contributed by atoms with van der Waals surface area (Å²) in [6.07, 6.45) is 2.13. The summed E-state index contributed by atoms with van der Waals surface area (Å²) < 4.78 is 7.03. The molecule has 84 valence electrons. The van der Waals surface area contributed by atoms with Gasteiger partial charge in [0.15, 0.2) is 4.67 Å².